The predicted octanol–water partition coefficient (Wildman–Crippen LogP) is 2.52. The minimum absolute atomic E-state index is 0.768. The van der Waals surface area contributed by atoms with Crippen LogP contribution in [0.1, 0.15) is 5.82 Å². The van der Waals surface area contributed by atoms with E-state index in [9.17, 15) is 0 Å². The maximum absolute atomic E-state index is 4.35. The minimum atomic E-state index is 0.768. The van der Waals surface area contributed by atoms with Gasteiger partial charge in [-0.05, 0) is 52.7 Å². The number of fused-ring (bicyclic) bond motifs is 1. The molecule has 0 saturated carbocycles. The lowest BCUT2D eigenvalue weighted by Gasteiger charge is -2.05. The molecule has 0 amide bonds. The fraction of sp³-hybridized carbons (Fsp3) is 0.125. The van der Waals surface area contributed by atoms with Gasteiger partial charge in [0.25, 0.3) is 0 Å². The van der Waals surface area contributed by atoms with E-state index in [1.807, 2.05) is 43.1 Å². The normalized spacial score (nSPS) is 11.2. The molecule has 0 aliphatic carbocycles. The Morgan fingerprint density at radius 3 is 2.45 bits per heavy atom. The van der Waals surface area contributed by atoms with Gasteiger partial charge in [-0.25, -0.2) is 4.98 Å². The topological polar surface area (TPSA) is 61.4 Å². The van der Waals surface area contributed by atoms with Crippen LogP contribution in [0.15, 0.2) is 48.8 Å². The molecule has 0 bridgehead atoms. The summed E-state index contributed by atoms with van der Waals surface area (Å²) in [6.07, 6.45) is 1.83. The van der Waals surface area contributed by atoms with Crippen molar-refractivity contribution in [3.05, 3.63) is 54.6 Å². The first-order chi connectivity index (χ1) is 10.7. The smallest absolute Gasteiger partial charge is 0.153 e. The first-order valence-electron chi connectivity index (χ1n) is 6.99. The fourth-order valence-electron chi connectivity index (χ4n) is 2.57. The van der Waals surface area contributed by atoms with E-state index in [1.165, 1.54) is 0 Å². The molecule has 6 heteroatoms. The van der Waals surface area contributed by atoms with Crippen LogP contribution in [0.2, 0.25) is 0 Å². The minimum Gasteiger partial charge on any atom is -0.334 e. The molecule has 2 aromatic carbocycles. The van der Waals surface area contributed by atoms with E-state index >= 15 is 0 Å². The molecule has 4 rings (SSSR count). The Morgan fingerprint density at radius 2 is 1.73 bits per heavy atom. The zero-order chi connectivity index (χ0) is 15.1. The van der Waals surface area contributed by atoms with Crippen LogP contribution < -0.4 is 0 Å². The molecule has 0 radical (unpaired) electrons. The van der Waals surface area contributed by atoms with Crippen molar-refractivity contribution in [2.45, 2.75) is 6.92 Å². The van der Waals surface area contributed by atoms with Gasteiger partial charge in [-0.2, -0.15) is 4.68 Å². The first-order valence-corrected chi connectivity index (χ1v) is 6.99. The van der Waals surface area contributed by atoms with Gasteiger partial charge in [0.15, 0.2) is 5.82 Å². The molecule has 0 saturated heterocycles. The Morgan fingerprint density at radius 1 is 0.955 bits per heavy atom. The molecule has 0 atom stereocenters. The zero-order valence-corrected chi connectivity index (χ0v) is 12.3. The number of nitrogens with zero attached hydrogens (tertiary/aromatic N) is 6. The van der Waals surface area contributed by atoms with Crippen molar-refractivity contribution in [3.63, 3.8) is 0 Å². The highest BCUT2D eigenvalue weighted by atomic mass is 15.5. The van der Waals surface area contributed by atoms with Gasteiger partial charge < -0.3 is 4.57 Å². The van der Waals surface area contributed by atoms with Crippen LogP contribution in [0.4, 0.5) is 0 Å². The number of aromatic nitrogens is 6. The lowest BCUT2D eigenvalue weighted by molar-refractivity contribution is 0.779. The molecule has 0 spiro atoms. The highest BCUT2D eigenvalue weighted by molar-refractivity contribution is 5.82. The van der Waals surface area contributed by atoms with Crippen LogP contribution in [0.5, 0.6) is 0 Å². The first kappa shape index (κ1) is 12.7. The van der Waals surface area contributed by atoms with Gasteiger partial charge in [0, 0.05) is 7.05 Å². The summed E-state index contributed by atoms with van der Waals surface area (Å²) < 4.78 is 3.74. The predicted molar refractivity (Wildman–Crippen MR) is 83.6 cm³/mol. The van der Waals surface area contributed by atoms with Crippen LogP contribution in [-0.4, -0.2) is 29.8 Å². The van der Waals surface area contributed by atoms with Crippen molar-refractivity contribution in [1.82, 2.24) is 29.8 Å². The van der Waals surface area contributed by atoms with Crippen molar-refractivity contribution < 1.29 is 0 Å². The quantitative estimate of drug-likeness (QED) is 0.569. The highest BCUT2D eigenvalue weighted by Crippen LogP contribution is 2.24. The SMILES string of the molecule is Cc1nnnn1-c1ccc(-c2ccc3ncn(C)c3c2)cc1. The summed E-state index contributed by atoms with van der Waals surface area (Å²) in [6, 6.07) is 14.5. The Balaban J connectivity index is 1.75. The number of rotatable bonds is 2. The zero-order valence-electron chi connectivity index (χ0n) is 12.3. The number of hydrogen-bond acceptors (Lipinski definition) is 4. The molecular formula is C16H14N6. The lowest BCUT2D eigenvalue weighted by Crippen LogP contribution is -1.98. The largest absolute Gasteiger partial charge is 0.334 e. The molecule has 4 aromatic rings. The Kier molecular flexibility index (Phi) is 2.75. The number of aryl methyl sites for hydroxylation is 2. The van der Waals surface area contributed by atoms with Crippen LogP contribution in [-0.2, 0) is 7.05 Å². The van der Waals surface area contributed by atoms with E-state index in [0.717, 1.165) is 33.7 Å². The average molecular weight is 290 g/mol. The van der Waals surface area contributed by atoms with Gasteiger partial charge in [-0.3, -0.25) is 0 Å². The van der Waals surface area contributed by atoms with E-state index in [0.29, 0.717) is 0 Å². The molecule has 6 nitrogen and oxygen atoms in total. The maximum atomic E-state index is 4.35. The van der Waals surface area contributed by atoms with Crippen molar-refractivity contribution in [2.24, 2.45) is 7.05 Å². The van der Waals surface area contributed by atoms with Crippen LogP contribution in [0.3, 0.4) is 0 Å². The summed E-state index contributed by atoms with van der Waals surface area (Å²) in [5.74, 6) is 0.768. The standard InChI is InChI=1S/C16H14N6/c1-11-18-19-20-22(11)14-6-3-12(4-7-14)13-5-8-15-16(9-13)21(2)10-17-15/h3-10H,1-2H3. The molecular weight excluding hydrogens is 276 g/mol. The second-order valence-electron chi connectivity index (χ2n) is 5.24. The molecule has 2 heterocycles. The van der Waals surface area contributed by atoms with Crippen LogP contribution >= 0.6 is 0 Å². The molecule has 0 aliphatic rings. The second-order valence-corrected chi connectivity index (χ2v) is 5.24. The monoisotopic (exact) mass is 290 g/mol. The van der Waals surface area contributed by atoms with Crippen molar-refractivity contribution in [3.8, 4) is 16.8 Å². The van der Waals surface area contributed by atoms with Gasteiger partial charge in [0.05, 0.1) is 23.0 Å². The van der Waals surface area contributed by atoms with Gasteiger partial charge >= 0.3 is 0 Å². The van der Waals surface area contributed by atoms with Crippen LogP contribution in [0, 0.1) is 6.92 Å². The number of tetrazole rings is 1. The van der Waals surface area contributed by atoms with Crippen molar-refractivity contribution in [2.75, 3.05) is 0 Å². The molecule has 0 fully saturated rings. The third-order valence-electron chi connectivity index (χ3n) is 3.80. The van der Waals surface area contributed by atoms with Crippen molar-refractivity contribution in [1.29, 1.82) is 0 Å². The molecule has 2 aromatic heterocycles. The summed E-state index contributed by atoms with van der Waals surface area (Å²) >= 11 is 0. The van der Waals surface area contributed by atoms with E-state index in [1.54, 1.807) is 4.68 Å². The number of benzene rings is 2. The third-order valence-corrected chi connectivity index (χ3v) is 3.80. The molecule has 22 heavy (non-hydrogen) atoms. The van der Waals surface area contributed by atoms with E-state index in [-0.39, 0.29) is 0 Å². The maximum Gasteiger partial charge on any atom is 0.153 e. The number of hydrogen-bond donors (Lipinski definition) is 0. The van der Waals surface area contributed by atoms with E-state index in [2.05, 4.69) is 44.8 Å². The summed E-state index contributed by atoms with van der Waals surface area (Å²) in [4.78, 5) is 4.35. The lowest BCUT2D eigenvalue weighted by atomic mass is 10.0. The van der Waals surface area contributed by atoms with Crippen molar-refractivity contribution >= 4 is 11.0 Å². The summed E-state index contributed by atoms with van der Waals surface area (Å²) in [5.41, 5.74) is 5.40. The highest BCUT2D eigenvalue weighted by Gasteiger charge is 2.06. The molecule has 0 N–H and O–H groups in total. The Bertz CT molecular complexity index is 948. The van der Waals surface area contributed by atoms with Crippen LogP contribution in [0.25, 0.3) is 27.8 Å². The third kappa shape index (κ3) is 1.96. The molecule has 108 valence electrons. The number of imidazole rings is 1. The summed E-state index contributed by atoms with van der Waals surface area (Å²) in [7, 11) is 2.00. The van der Waals surface area contributed by atoms with Gasteiger partial charge in [-0.15, -0.1) is 5.10 Å². The van der Waals surface area contributed by atoms with Gasteiger partial charge in [0.2, 0.25) is 0 Å². The molecule has 0 aliphatic heterocycles. The Hall–Kier alpha value is -3.02. The van der Waals surface area contributed by atoms with Gasteiger partial charge in [-0.1, -0.05) is 18.2 Å². The van der Waals surface area contributed by atoms with Gasteiger partial charge in [0.1, 0.15) is 0 Å². The summed E-state index contributed by atoms with van der Waals surface area (Å²) in [5, 5.41) is 11.6. The summed E-state index contributed by atoms with van der Waals surface area (Å²) in [6.45, 7) is 1.88. The fourth-order valence-corrected chi connectivity index (χ4v) is 2.57. The second kappa shape index (κ2) is 4.77. The average Bonchev–Trinajstić information content (AvgIpc) is 3.14. The van der Waals surface area contributed by atoms with E-state index < -0.39 is 0 Å². The Labute approximate surface area is 127 Å². The van der Waals surface area contributed by atoms with E-state index in [4.69, 9.17) is 0 Å². The molecule has 0 unspecified atom stereocenters.